The Morgan fingerprint density at radius 1 is 1.21 bits per heavy atom. The van der Waals surface area contributed by atoms with Gasteiger partial charge in [-0.1, -0.05) is 0 Å². The second kappa shape index (κ2) is 6.59. The largest absolute Gasteiger partial charge is 0.454 e. The summed E-state index contributed by atoms with van der Waals surface area (Å²) >= 11 is 1.39. The van der Waals surface area contributed by atoms with E-state index in [1.54, 1.807) is 0 Å². The Kier molecular flexibility index (Phi) is 4.13. The summed E-state index contributed by atoms with van der Waals surface area (Å²) in [6, 6.07) is 7.62. The van der Waals surface area contributed by atoms with Crippen LogP contribution in [-0.2, 0) is 5.54 Å². The average molecular weight is 410 g/mol. The Labute approximate surface area is 172 Å². The Bertz CT molecular complexity index is 1090. The number of benzene rings is 1. The Balaban J connectivity index is 1.36. The third-order valence-corrected chi connectivity index (χ3v) is 5.75. The fourth-order valence-corrected chi connectivity index (χ4v) is 4.11. The van der Waals surface area contributed by atoms with Crippen molar-refractivity contribution in [2.45, 2.75) is 45.1 Å². The number of rotatable bonds is 4. The quantitative estimate of drug-likeness (QED) is 0.679. The fourth-order valence-electron chi connectivity index (χ4n) is 3.39. The van der Waals surface area contributed by atoms with Gasteiger partial charge >= 0.3 is 0 Å². The molecule has 0 atom stereocenters. The van der Waals surface area contributed by atoms with Crippen molar-refractivity contribution < 1.29 is 14.3 Å². The number of nitrogens with zero attached hydrogens (tertiary/aromatic N) is 3. The lowest BCUT2D eigenvalue weighted by Crippen LogP contribution is -2.25. The van der Waals surface area contributed by atoms with Gasteiger partial charge in [0.05, 0.1) is 11.2 Å². The summed E-state index contributed by atoms with van der Waals surface area (Å²) in [5, 5.41) is 9.94. The molecule has 0 spiro atoms. The van der Waals surface area contributed by atoms with Gasteiger partial charge in [0, 0.05) is 22.6 Å². The van der Waals surface area contributed by atoms with E-state index in [2.05, 4.69) is 36.2 Å². The van der Waals surface area contributed by atoms with E-state index in [1.807, 2.05) is 34.3 Å². The molecule has 7 nitrogen and oxygen atoms in total. The first-order valence-electron chi connectivity index (χ1n) is 9.66. The average Bonchev–Trinajstić information content (AvgIpc) is 3.10. The second-order valence-corrected chi connectivity index (χ2v) is 9.23. The summed E-state index contributed by atoms with van der Waals surface area (Å²) in [4.78, 5) is 17.3. The minimum Gasteiger partial charge on any atom is -0.454 e. The van der Waals surface area contributed by atoms with Gasteiger partial charge in [0.25, 0.3) is 5.91 Å². The molecule has 1 aromatic carbocycles. The molecular weight excluding hydrogens is 388 g/mol. The predicted octanol–water partition coefficient (Wildman–Crippen LogP) is 4.62. The zero-order valence-electron chi connectivity index (χ0n) is 16.6. The number of nitrogens with one attached hydrogen (secondary N) is 1. The lowest BCUT2D eigenvalue weighted by Gasteiger charge is -2.22. The van der Waals surface area contributed by atoms with E-state index in [-0.39, 0.29) is 18.2 Å². The summed E-state index contributed by atoms with van der Waals surface area (Å²) in [6.07, 6.45) is 2.32. The van der Waals surface area contributed by atoms with Crippen molar-refractivity contribution in [1.82, 2.24) is 14.8 Å². The SMILES string of the molecule is CC(C)(C)n1nc(C(=O)Nc2nc(-c3ccc4c(c3)OCO4)cs2)cc1C1CC1. The van der Waals surface area contributed by atoms with Crippen molar-refractivity contribution in [1.29, 1.82) is 0 Å². The first kappa shape index (κ1) is 18.2. The molecule has 8 heteroatoms. The predicted molar refractivity (Wildman–Crippen MR) is 111 cm³/mol. The number of aromatic nitrogens is 3. The van der Waals surface area contributed by atoms with Crippen LogP contribution >= 0.6 is 11.3 Å². The summed E-state index contributed by atoms with van der Waals surface area (Å²) in [7, 11) is 0. The molecule has 1 saturated carbocycles. The van der Waals surface area contributed by atoms with E-state index in [9.17, 15) is 4.79 Å². The monoisotopic (exact) mass is 410 g/mol. The molecule has 150 valence electrons. The van der Waals surface area contributed by atoms with Gasteiger partial charge in [0.1, 0.15) is 0 Å². The smallest absolute Gasteiger partial charge is 0.277 e. The minimum atomic E-state index is -0.235. The number of hydrogen-bond acceptors (Lipinski definition) is 6. The molecule has 3 aromatic rings. The minimum absolute atomic E-state index is 0.163. The standard InChI is InChI=1S/C21H22N4O3S/c1-21(2,3)25-16(12-4-5-12)9-14(24-25)19(26)23-20-22-15(10-29-20)13-6-7-17-18(8-13)28-11-27-17/h6-10,12H,4-5,11H2,1-3H3,(H,22,23,26). The van der Waals surface area contributed by atoms with Crippen molar-refractivity contribution >= 4 is 22.4 Å². The van der Waals surface area contributed by atoms with Crippen LogP contribution in [-0.4, -0.2) is 27.5 Å². The van der Waals surface area contributed by atoms with Gasteiger partial charge in [-0.25, -0.2) is 4.98 Å². The molecule has 0 radical (unpaired) electrons. The van der Waals surface area contributed by atoms with Gasteiger partial charge in [-0.2, -0.15) is 5.10 Å². The van der Waals surface area contributed by atoms with Crippen LogP contribution in [0.25, 0.3) is 11.3 Å². The molecule has 1 aliphatic carbocycles. The van der Waals surface area contributed by atoms with Crippen molar-refractivity contribution in [2.24, 2.45) is 0 Å². The van der Waals surface area contributed by atoms with Gasteiger partial charge in [-0.3, -0.25) is 14.8 Å². The number of carbonyl (C=O) groups excluding carboxylic acids is 1. The highest BCUT2D eigenvalue weighted by molar-refractivity contribution is 7.14. The van der Waals surface area contributed by atoms with Crippen molar-refractivity contribution in [3.63, 3.8) is 0 Å². The van der Waals surface area contributed by atoms with E-state index in [1.165, 1.54) is 11.3 Å². The molecule has 1 fully saturated rings. The van der Waals surface area contributed by atoms with Gasteiger partial charge in [0.2, 0.25) is 6.79 Å². The fraction of sp³-hybridized carbons (Fsp3) is 0.381. The number of thiazole rings is 1. The number of carbonyl (C=O) groups is 1. The summed E-state index contributed by atoms with van der Waals surface area (Å²) < 4.78 is 12.8. The van der Waals surface area contributed by atoms with Crippen LogP contribution in [0.15, 0.2) is 29.6 Å². The van der Waals surface area contributed by atoms with E-state index >= 15 is 0 Å². The van der Waals surface area contributed by atoms with Crippen LogP contribution < -0.4 is 14.8 Å². The van der Waals surface area contributed by atoms with Gasteiger partial charge in [0.15, 0.2) is 22.3 Å². The molecule has 0 unspecified atom stereocenters. The molecular formula is C21H22N4O3S. The molecule has 2 aromatic heterocycles. The number of ether oxygens (including phenoxy) is 2. The van der Waals surface area contributed by atoms with Crippen molar-refractivity contribution in [3.05, 3.63) is 41.0 Å². The number of hydrogen-bond donors (Lipinski definition) is 1. The zero-order valence-corrected chi connectivity index (χ0v) is 17.4. The Morgan fingerprint density at radius 3 is 2.76 bits per heavy atom. The highest BCUT2D eigenvalue weighted by Gasteiger charge is 2.32. The normalized spacial score (nSPS) is 15.6. The number of anilines is 1. The van der Waals surface area contributed by atoms with E-state index in [0.29, 0.717) is 22.5 Å². The lowest BCUT2D eigenvalue weighted by molar-refractivity contribution is 0.102. The molecule has 0 bridgehead atoms. The third-order valence-electron chi connectivity index (χ3n) is 4.99. The molecule has 5 rings (SSSR count). The topological polar surface area (TPSA) is 78.3 Å². The summed E-state index contributed by atoms with van der Waals surface area (Å²) in [5.41, 5.74) is 3.11. The van der Waals surface area contributed by atoms with E-state index in [0.717, 1.165) is 35.5 Å². The maximum absolute atomic E-state index is 12.8. The van der Waals surface area contributed by atoms with Crippen LogP contribution in [0.5, 0.6) is 11.5 Å². The van der Waals surface area contributed by atoms with Crippen molar-refractivity contribution in [2.75, 3.05) is 12.1 Å². The highest BCUT2D eigenvalue weighted by atomic mass is 32.1. The molecule has 3 heterocycles. The second-order valence-electron chi connectivity index (χ2n) is 8.37. The highest BCUT2D eigenvalue weighted by Crippen LogP contribution is 2.42. The van der Waals surface area contributed by atoms with Crippen LogP contribution in [0.3, 0.4) is 0 Å². The molecule has 1 amide bonds. The van der Waals surface area contributed by atoms with Crippen LogP contribution in [0.1, 0.15) is 55.7 Å². The molecule has 0 saturated heterocycles. The van der Waals surface area contributed by atoms with Crippen LogP contribution in [0, 0.1) is 0 Å². The zero-order chi connectivity index (χ0) is 20.2. The molecule has 2 aliphatic rings. The van der Waals surface area contributed by atoms with Crippen LogP contribution in [0.2, 0.25) is 0 Å². The van der Waals surface area contributed by atoms with E-state index in [4.69, 9.17) is 9.47 Å². The van der Waals surface area contributed by atoms with Gasteiger partial charge < -0.3 is 9.47 Å². The van der Waals surface area contributed by atoms with Crippen molar-refractivity contribution in [3.8, 4) is 22.8 Å². The summed E-state index contributed by atoms with van der Waals surface area (Å²) in [6.45, 7) is 6.55. The molecule has 29 heavy (non-hydrogen) atoms. The molecule has 1 N–H and O–H groups in total. The number of fused-ring (bicyclic) bond motifs is 1. The first-order valence-corrected chi connectivity index (χ1v) is 10.5. The lowest BCUT2D eigenvalue weighted by atomic mass is 10.1. The Morgan fingerprint density at radius 2 is 2.00 bits per heavy atom. The molecule has 1 aliphatic heterocycles. The first-order chi connectivity index (χ1) is 13.9. The van der Waals surface area contributed by atoms with E-state index < -0.39 is 0 Å². The maximum Gasteiger partial charge on any atom is 0.277 e. The van der Waals surface area contributed by atoms with Crippen LogP contribution in [0.4, 0.5) is 5.13 Å². The van der Waals surface area contributed by atoms with Gasteiger partial charge in [-0.15, -0.1) is 11.3 Å². The summed E-state index contributed by atoms with van der Waals surface area (Å²) in [5.74, 6) is 1.72. The van der Waals surface area contributed by atoms with Gasteiger partial charge in [-0.05, 0) is 57.9 Å². The number of amides is 1. The maximum atomic E-state index is 12.8. The third kappa shape index (κ3) is 3.48. The Hall–Kier alpha value is -2.87.